The maximum Gasteiger partial charge on any atom is 0.337 e. The van der Waals surface area contributed by atoms with Crippen LogP contribution in [0.2, 0.25) is 0 Å². The molecule has 0 radical (unpaired) electrons. The standard InChI is InChI=1S/C16H16N2O3S/c1-21-16(20)11-3-2-4-12(7-11)18-15(19)10-5-6-13-14(8-10)22-9-17-13/h2-4,7,9-10H,5-6,8H2,1H3,(H,18,19). The molecule has 1 N–H and O–H groups in total. The molecule has 114 valence electrons. The van der Waals surface area contributed by atoms with Gasteiger partial charge in [0.15, 0.2) is 0 Å². The van der Waals surface area contributed by atoms with Gasteiger partial charge in [-0.25, -0.2) is 9.78 Å². The van der Waals surface area contributed by atoms with Crippen molar-refractivity contribution in [3.8, 4) is 0 Å². The summed E-state index contributed by atoms with van der Waals surface area (Å²) in [5.41, 5.74) is 4.00. The molecule has 1 aliphatic carbocycles. The topological polar surface area (TPSA) is 68.3 Å². The third-order valence-corrected chi connectivity index (χ3v) is 4.71. The van der Waals surface area contributed by atoms with Crippen LogP contribution in [0, 0.1) is 5.92 Å². The van der Waals surface area contributed by atoms with E-state index in [4.69, 9.17) is 0 Å². The first kappa shape index (κ1) is 14.7. The number of nitrogens with one attached hydrogen (secondary N) is 1. The van der Waals surface area contributed by atoms with Gasteiger partial charge in [-0.2, -0.15) is 0 Å². The van der Waals surface area contributed by atoms with Crippen molar-refractivity contribution in [3.63, 3.8) is 0 Å². The molecule has 1 aromatic carbocycles. The summed E-state index contributed by atoms with van der Waals surface area (Å²) >= 11 is 1.61. The van der Waals surface area contributed by atoms with Crippen LogP contribution in [0.15, 0.2) is 29.8 Å². The van der Waals surface area contributed by atoms with E-state index >= 15 is 0 Å². The van der Waals surface area contributed by atoms with Crippen LogP contribution < -0.4 is 5.32 Å². The number of amides is 1. The molecular formula is C16H16N2O3S. The molecule has 0 aliphatic heterocycles. The predicted octanol–water partition coefficient (Wildman–Crippen LogP) is 2.67. The number of rotatable bonds is 3. The molecule has 1 atom stereocenters. The summed E-state index contributed by atoms with van der Waals surface area (Å²) in [6.45, 7) is 0. The molecule has 3 rings (SSSR count). The van der Waals surface area contributed by atoms with Gasteiger partial charge in [-0.05, 0) is 37.5 Å². The lowest BCUT2D eigenvalue weighted by molar-refractivity contribution is -0.120. The van der Waals surface area contributed by atoms with Gasteiger partial charge in [0.05, 0.1) is 23.9 Å². The van der Waals surface area contributed by atoms with Crippen LogP contribution >= 0.6 is 11.3 Å². The normalized spacial score (nSPS) is 16.7. The number of fused-ring (bicyclic) bond motifs is 1. The fraction of sp³-hybridized carbons (Fsp3) is 0.312. The number of carbonyl (C=O) groups excluding carboxylic acids is 2. The molecule has 1 aromatic heterocycles. The minimum absolute atomic E-state index is 0.0129. The predicted molar refractivity (Wildman–Crippen MR) is 84.0 cm³/mol. The van der Waals surface area contributed by atoms with Crippen molar-refractivity contribution >= 4 is 28.9 Å². The molecule has 1 aliphatic rings. The quantitative estimate of drug-likeness (QED) is 0.884. The second-order valence-corrected chi connectivity index (χ2v) is 6.16. The molecule has 0 spiro atoms. The van der Waals surface area contributed by atoms with Crippen LogP contribution in [-0.4, -0.2) is 24.0 Å². The Morgan fingerprint density at radius 1 is 1.41 bits per heavy atom. The van der Waals surface area contributed by atoms with Crippen LogP contribution in [-0.2, 0) is 22.4 Å². The summed E-state index contributed by atoms with van der Waals surface area (Å²) in [7, 11) is 1.34. The van der Waals surface area contributed by atoms with E-state index in [1.54, 1.807) is 35.6 Å². The van der Waals surface area contributed by atoms with E-state index in [0.717, 1.165) is 25.0 Å². The molecule has 0 saturated carbocycles. The number of aromatic nitrogens is 1. The molecule has 6 heteroatoms. The monoisotopic (exact) mass is 316 g/mol. The Morgan fingerprint density at radius 2 is 2.27 bits per heavy atom. The molecule has 2 aromatic rings. The van der Waals surface area contributed by atoms with E-state index in [1.165, 1.54) is 12.0 Å². The number of benzene rings is 1. The van der Waals surface area contributed by atoms with E-state index in [2.05, 4.69) is 15.0 Å². The highest BCUT2D eigenvalue weighted by atomic mass is 32.1. The zero-order valence-electron chi connectivity index (χ0n) is 12.2. The van der Waals surface area contributed by atoms with Crippen molar-refractivity contribution in [2.75, 3.05) is 12.4 Å². The van der Waals surface area contributed by atoms with Crippen molar-refractivity contribution in [2.45, 2.75) is 19.3 Å². The number of hydrogen-bond donors (Lipinski definition) is 1. The lowest BCUT2D eigenvalue weighted by Gasteiger charge is -2.20. The highest BCUT2D eigenvalue weighted by Crippen LogP contribution is 2.28. The second-order valence-electron chi connectivity index (χ2n) is 5.22. The maximum atomic E-state index is 12.4. The summed E-state index contributed by atoms with van der Waals surface area (Å²) in [4.78, 5) is 29.4. The smallest absolute Gasteiger partial charge is 0.337 e. The van der Waals surface area contributed by atoms with Crippen molar-refractivity contribution in [2.24, 2.45) is 5.92 Å². The summed E-state index contributed by atoms with van der Waals surface area (Å²) in [5.74, 6) is -0.473. The van der Waals surface area contributed by atoms with Crippen LogP contribution in [0.4, 0.5) is 5.69 Å². The maximum absolute atomic E-state index is 12.4. The van der Waals surface area contributed by atoms with Gasteiger partial charge in [0.25, 0.3) is 0 Å². The number of methoxy groups -OCH3 is 1. The van der Waals surface area contributed by atoms with E-state index in [-0.39, 0.29) is 11.8 Å². The van der Waals surface area contributed by atoms with E-state index in [0.29, 0.717) is 11.3 Å². The summed E-state index contributed by atoms with van der Waals surface area (Å²) in [5, 5.41) is 2.89. The minimum Gasteiger partial charge on any atom is -0.465 e. The van der Waals surface area contributed by atoms with Crippen LogP contribution in [0.25, 0.3) is 0 Å². The van der Waals surface area contributed by atoms with E-state index < -0.39 is 5.97 Å². The third kappa shape index (κ3) is 3.01. The van der Waals surface area contributed by atoms with E-state index in [1.807, 2.05) is 5.51 Å². The average Bonchev–Trinajstić information content (AvgIpc) is 3.01. The third-order valence-electron chi connectivity index (χ3n) is 3.81. The zero-order valence-corrected chi connectivity index (χ0v) is 13.0. The number of aryl methyl sites for hydroxylation is 1. The Hall–Kier alpha value is -2.21. The van der Waals surface area contributed by atoms with Crippen LogP contribution in [0.1, 0.15) is 27.3 Å². The number of ether oxygens (including phenoxy) is 1. The van der Waals surface area contributed by atoms with Gasteiger partial charge in [0.1, 0.15) is 0 Å². The lowest BCUT2D eigenvalue weighted by atomic mass is 9.90. The molecule has 0 saturated heterocycles. The first-order chi connectivity index (χ1) is 10.7. The Kier molecular flexibility index (Phi) is 4.20. The van der Waals surface area contributed by atoms with Gasteiger partial charge in [-0.3, -0.25) is 4.79 Å². The molecular weight excluding hydrogens is 300 g/mol. The van der Waals surface area contributed by atoms with Gasteiger partial charge in [0.2, 0.25) is 5.91 Å². The number of esters is 1. The van der Waals surface area contributed by atoms with Gasteiger partial charge < -0.3 is 10.1 Å². The molecule has 22 heavy (non-hydrogen) atoms. The van der Waals surface area contributed by atoms with Crippen molar-refractivity contribution in [3.05, 3.63) is 45.9 Å². The van der Waals surface area contributed by atoms with Gasteiger partial charge in [0, 0.05) is 16.5 Å². The Morgan fingerprint density at radius 3 is 3.09 bits per heavy atom. The Balaban J connectivity index is 1.69. The first-order valence-electron chi connectivity index (χ1n) is 7.08. The zero-order chi connectivity index (χ0) is 15.5. The first-order valence-corrected chi connectivity index (χ1v) is 7.96. The van der Waals surface area contributed by atoms with Crippen molar-refractivity contribution in [1.82, 2.24) is 4.98 Å². The number of thiazole rings is 1. The van der Waals surface area contributed by atoms with E-state index in [9.17, 15) is 9.59 Å². The average molecular weight is 316 g/mol. The van der Waals surface area contributed by atoms with Gasteiger partial charge in [-0.15, -0.1) is 11.3 Å². The van der Waals surface area contributed by atoms with Crippen molar-refractivity contribution in [1.29, 1.82) is 0 Å². The van der Waals surface area contributed by atoms with Gasteiger partial charge >= 0.3 is 5.97 Å². The Labute approximate surface area is 132 Å². The molecule has 1 amide bonds. The SMILES string of the molecule is COC(=O)c1cccc(NC(=O)C2CCc3ncsc3C2)c1. The van der Waals surface area contributed by atoms with Crippen LogP contribution in [0.5, 0.6) is 0 Å². The summed E-state index contributed by atoms with van der Waals surface area (Å²) < 4.78 is 4.69. The minimum atomic E-state index is -0.414. The lowest BCUT2D eigenvalue weighted by Crippen LogP contribution is -2.27. The number of anilines is 1. The second kappa shape index (κ2) is 6.27. The number of hydrogen-bond acceptors (Lipinski definition) is 5. The fourth-order valence-corrected chi connectivity index (χ4v) is 3.51. The molecule has 5 nitrogen and oxygen atoms in total. The van der Waals surface area contributed by atoms with Crippen molar-refractivity contribution < 1.29 is 14.3 Å². The number of nitrogens with zero attached hydrogens (tertiary/aromatic N) is 1. The largest absolute Gasteiger partial charge is 0.465 e. The fourth-order valence-electron chi connectivity index (χ4n) is 2.61. The number of carbonyl (C=O) groups is 2. The summed E-state index contributed by atoms with van der Waals surface area (Å²) in [6, 6.07) is 6.78. The van der Waals surface area contributed by atoms with Crippen LogP contribution in [0.3, 0.4) is 0 Å². The Bertz CT molecular complexity index is 711. The molecule has 1 unspecified atom stereocenters. The van der Waals surface area contributed by atoms with Gasteiger partial charge in [-0.1, -0.05) is 6.07 Å². The summed E-state index contributed by atoms with van der Waals surface area (Å²) in [6.07, 6.45) is 2.39. The highest BCUT2D eigenvalue weighted by molar-refractivity contribution is 7.09. The molecule has 1 heterocycles. The highest BCUT2D eigenvalue weighted by Gasteiger charge is 2.26. The molecule has 0 bridgehead atoms. The molecule has 0 fully saturated rings.